The normalized spacial score (nSPS) is 11.6. The van der Waals surface area contributed by atoms with E-state index in [9.17, 15) is 13.2 Å². The molecule has 1 aromatic carbocycles. The molecule has 120 valence electrons. The summed E-state index contributed by atoms with van der Waals surface area (Å²) in [4.78, 5) is 6.02. The maximum absolute atomic E-state index is 12.3. The SMILES string of the molecule is CCNC(=NCc1ccccc1OC(F)(F)F)N(C)C.I. The molecule has 8 heteroatoms. The second-order valence-electron chi connectivity index (χ2n) is 4.22. The van der Waals surface area contributed by atoms with E-state index in [1.165, 1.54) is 12.1 Å². The maximum Gasteiger partial charge on any atom is 0.573 e. The summed E-state index contributed by atoms with van der Waals surface area (Å²) in [5.74, 6) is 0.382. The van der Waals surface area contributed by atoms with Gasteiger partial charge in [0.25, 0.3) is 0 Å². The van der Waals surface area contributed by atoms with Gasteiger partial charge in [-0.3, -0.25) is 0 Å². The van der Waals surface area contributed by atoms with Crippen LogP contribution in [-0.4, -0.2) is 37.9 Å². The zero-order valence-electron chi connectivity index (χ0n) is 12.1. The van der Waals surface area contributed by atoms with Gasteiger partial charge in [-0.05, 0) is 13.0 Å². The predicted octanol–water partition coefficient (Wildman–Crippen LogP) is 3.23. The lowest BCUT2D eigenvalue weighted by molar-refractivity contribution is -0.274. The molecule has 0 atom stereocenters. The summed E-state index contributed by atoms with van der Waals surface area (Å²) in [6.07, 6.45) is -4.70. The average Bonchev–Trinajstić information content (AvgIpc) is 2.34. The highest BCUT2D eigenvalue weighted by atomic mass is 127. The molecule has 0 spiro atoms. The number of para-hydroxylation sites is 1. The number of ether oxygens (including phenoxy) is 1. The van der Waals surface area contributed by atoms with Crippen molar-refractivity contribution in [1.82, 2.24) is 10.2 Å². The minimum atomic E-state index is -4.70. The van der Waals surface area contributed by atoms with Crippen molar-refractivity contribution < 1.29 is 17.9 Å². The fraction of sp³-hybridized carbons (Fsp3) is 0.462. The highest BCUT2D eigenvalue weighted by molar-refractivity contribution is 14.0. The molecule has 0 amide bonds. The van der Waals surface area contributed by atoms with Crippen LogP contribution in [0.5, 0.6) is 5.75 Å². The van der Waals surface area contributed by atoms with Crippen molar-refractivity contribution in [3.05, 3.63) is 29.8 Å². The molecule has 0 saturated heterocycles. The Bertz CT molecular complexity index is 464. The van der Waals surface area contributed by atoms with Gasteiger partial charge in [-0.1, -0.05) is 18.2 Å². The van der Waals surface area contributed by atoms with E-state index in [-0.39, 0.29) is 36.3 Å². The number of nitrogens with one attached hydrogen (secondary N) is 1. The quantitative estimate of drug-likeness (QED) is 0.465. The fourth-order valence-corrected chi connectivity index (χ4v) is 1.53. The molecule has 1 aromatic rings. The van der Waals surface area contributed by atoms with Crippen LogP contribution in [-0.2, 0) is 6.54 Å². The third-order valence-corrected chi connectivity index (χ3v) is 2.36. The first-order valence-electron chi connectivity index (χ1n) is 6.12. The van der Waals surface area contributed by atoms with Gasteiger partial charge in [0.1, 0.15) is 5.75 Å². The van der Waals surface area contributed by atoms with Gasteiger partial charge in [-0.15, -0.1) is 37.1 Å². The molecule has 0 aliphatic carbocycles. The smallest absolute Gasteiger partial charge is 0.405 e. The van der Waals surface area contributed by atoms with Gasteiger partial charge < -0.3 is 15.0 Å². The van der Waals surface area contributed by atoms with Gasteiger partial charge in [-0.25, -0.2) is 4.99 Å². The van der Waals surface area contributed by atoms with E-state index in [0.717, 1.165) is 0 Å². The Labute approximate surface area is 139 Å². The Kier molecular flexibility index (Phi) is 8.45. The number of guanidine groups is 1. The number of hydrogen-bond acceptors (Lipinski definition) is 2. The minimum Gasteiger partial charge on any atom is -0.405 e. The van der Waals surface area contributed by atoms with E-state index in [0.29, 0.717) is 18.1 Å². The highest BCUT2D eigenvalue weighted by Crippen LogP contribution is 2.26. The van der Waals surface area contributed by atoms with E-state index in [4.69, 9.17) is 0 Å². The molecule has 0 heterocycles. The number of hydrogen-bond donors (Lipinski definition) is 1. The zero-order valence-corrected chi connectivity index (χ0v) is 14.4. The largest absolute Gasteiger partial charge is 0.573 e. The van der Waals surface area contributed by atoms with Crippen molar-refractivity contribution in [3.8, 4) is 5.75 Å². The number of rotatable bonds is 4. The van der Waals surface area contributed by atoms with Crippen LogP contribution in [0.2, 0.25) is 0 Å². The lowest BCUT2D eigenvalue weighted by Gasteiger charge is -2.17. The van der Waals surface area contributed by atoms with E-state index in [1.54, 1.807) is 31.1 Å². The zero-order chi connectivity index (χ0) is 15.2. The third kappa shape index (κ3) is 7.39. The summed E-state index contributed by atoms with van der Waals surface area (Å²) in [7, 11) is 3.61. The van der Waals surface area contributed by atoms with E-state index < -0.39 is 6.36 Å². The summed E-state index contributed by atoms with van der Waals surface area (Å²) in [6, 6.07) is 5.98. The van der Waals surface area contributed by atoms with Crippen LogP contribution >= 0.6 is 24.0 Å². The van der Waals surface area contributed by atoms with Crippen molar-refractivity contribution in [2.24, 2.45) is 4.99 Å². The first-order valence-corrected chi connectivity index (χ1v) is 6.12. The lowest BCUT2D eigenvalue weighted by atomic mass is 10.2. The molecule has 0 saturated carbocycles. The number of alkyl halides is 3. The molecule has 0 aromatic heterocycles. The van der Waals surface area contributed by atoms with Gasteiger partial charge in [-0.2, -0.15) is 0 Å². The Morgan fingerprint density at radius 3 is 2.43 bits per heavy atom. The van der Waals surface area contributed by atoms with Crippen molar-refractivity contribution in [2.45, 2.75) is 19.8 Å². The summed E-state index contributed by atoms with van der Waals surface area (Å²) >= 11 is 0. The molecular formula is C13H19F3IN3O. The third-order valence-electron chi connectivity index (χ3n) is 2.36. The molecule has 0 aliphatic rings. The highest BCUT2D eigenvalue weighted by Gasteiger charge is 2.31. The molecule has 0 bridgehead atoms. The molecule has 0 unspecified atom stereocenters. The number of nitrogens with zero attached hydrogens (tertiary/aromatic N) is 2. The molecule has 0 fully saturated rings. The molecule has 1 N–H and O–H groups in total. The number of halogens is 4. The summed E-state index contributed by atoms with van der Waals surface area (Å²) < 4.78 is 40.9. The van der Waals surface area contributed by atoms with E-state index in [2.05, 4.69) is 15.0 Å². The summed E-state index contributed by atoms with van der Waals surface area (Å²) in [6.45, 7) is 2.70. The van der Waals surface area contributed by atoms with Gasteiger partial charge in [0, 0.05) is 26.2 Å². The first kappa shape index (κ1) is 19.8. The van der Waals surface area contributed by atoms with Crippen molar-refractivity contribution in [2.75, 3.05) is 20.6 Å². The minimum absolute atomic E-state index is 0. The van der Waals surface area contributed by atoms with Crippen LogP contribution in [0.3, 0.4) is 0 Å². The Morgan fingerprint density at radius 1 is 1.29 bits per heavy atom. The van der Waals surface area contributed by atoms with Crippen LogP contribution in [0.25, 0.3) is 0 Å². The standard InChI is InChI=1S/C13H18F3N3O.HI/c1-4-17-12(19(2)3)18-9-10-7-5-6-8-11(10)20-13(14,15)16;/h5-8H,4,9H2,1-3H3,(H,17,18);1H. The topological polar surface area (TPSA) is 36.9 Å². The molecule has 1 rings (SSSR count). The fourth-order valence-electron chi connectivity index (χ4n) is 1.53. The van der Waals surface area contributed by atoms with E-state index >= 15 is 0 Å². The van der Waals surface area contributed by atoms with Crippen molar-refractivity contribution in [1.29, 1.82) is 0 Å². The van der Waals surface area contributed by atoms with Crippen LogP contribution in [0, 0.1) is 0 Å². The molecule has 0 aliphatic heterocycles. The summed E-state index contributed by atoms with van der Waals surface area (Å²) in [5.41, 5.74) is 0.377. The van der Waals surface area contributed by atoms with Crippen LogP contribution in [0.15, 0.2) is 29.3 Å². The van der Waals surface area contributed by atoms with Crippen molar-refractivity contribution >= 4 is 29.9 Å². The monoisotopic (exact) mass is 417 g/mol. The van der Waals surface area contributed by atoms with E-state index in [1.807, 2.05) is 6.92 Å². The molecule has 21 heavy (non-hydrogen) atoms. The summed E-state index contributed by atoms with van der Waals surface area (Å²) in [5, 5.41) is 3.03. The molecule has 4 nitrogen and oxygen atoms in total. The average molecular weight is 417 g/mol. The first-order chi connectivity index (χ1) is 9.33. The second kappa shape index (κ2) is 8.96. The van der Waals surface area contributed by atoms with Crippen LogP contribution < -0.4 is 10.1 Å². The van der Waals surface area contributed by atoms with Crippen LogP contribution in [0.4, 0.5) is 13.2 Å². The number of aliphatic imine (C=N–C) groups is 1. The lowest BCUT2D eigenvalue weighted by Crippen LogP contribution is -2.36. The van der Waals surface area contributed by atoms with Gasteiger partial charge in [0.15, 0.2) is 5.96 Å². The van der Waals surface area contributed by atoms with Gasteiger partial charge >= 0.3 is 6.36 Å². The predicted molar refractivity (Wildman–Crippen MR) is 87.0 cm³/mol. The van der Waals surface area contributed by atoms with Gasteiger partial charge in [0.05, 0.1) is 6.54 Å². The Morgan fingerprint density at radius 2 is 1.90 bits per heavy atom. The second-order valence-corrected chi connectivity index (χ2v) is 4.22. The number of benzene rings is 1. The van der Waals surface area contributed by atoms with Crippen molar-refractivity contribution in [3.63, 3.8) is 0 Å². The Hall–Kier alpha value is -1.19. The molecule has 0 radical (unpaired) electrons. The Balaban J connectivity index is 0.00000400. The van der Waals surface area contributed by atoms with Gasteiger partial charge in [0.2, 0.25) is 0 Å². The molecular weight excluding hydrogens is 398 g/mol. The maximum atomic E-state index is 12.3. The van der Waals surface area contributed by atoms with Crippen LogP contribution in [0.1, 0.15) is 12.5 Å².